The highest BCUT2D eigenvalue weighted by atomic mass is 16.3. The van der Waals surface area contributed by atoms with Gasteiger partial charge in [-0.1, -0.05) is 29.9 Å². The van der Waals surface area contributed by atoms with Crippen molar-refractivity contribution < 1.29 is 9.90 Å². The van der Waals surface area contributed by atoms with Crippen LogP contribution >= 0.6 is 0 Å². The highest BCUT2D eigenvalue weighted by Crippen LogP contribution is 2.61. The summed E-state index contributed by atoms with van der Waals surface area (Å²) in [5, 5.41) is 13.3. The minimum Gasteiger partial charge on any atom is -0.508 e. The van der Waals surface area contributed by atoms with Crippen molar-refractivity contribution in [2.75, 3.05) is 5.32 Å². The van der Waals surface area contributed by atoms with Gasteiger partial charge in [0.15, 0.2) is 5.82 Å². The Morgan fingerprint density at radius 1 is 1.02 bits per heavy atom. The van der Waals surface area contributed by atoms with Crippen LogP contribution in [0.5, 0.6) is 5.75 Å². The first-order chi connectivity index (χ1) is 19.5. The summed E-state index contributed by atoms with van der Waals surface area (Å²) >= 11 is 0. The van der Waals surface area contributed by atoms with Crippen LogP contribution in [0, 0.1) is 29.1 Å². The van der Waals surface area contributed by atoms with Gasteiger partial charge in [-0.3, -0.25) is 4.79 Å². The lowest BCUT2D eigenvalue weighted by molar-refractivity contribution is -0.115. The van der Waals surface area contributed by atoms with Gasteiger partial charge in [-0.15, -0.1) is 0 Å². The van der Waals surface area contributed by atoms with E-state index in [0.29, 0.717) is 29.3 Å². The number of phenols is 1. The third-order valence-electron chi connectivity index (χ3n) is 10.9. The quantitative estimate of drug-likeness (QED) is 0.424. The van der Waals surface area contributed by atoms with Crippen LogP contribution in [0.25, 0.3) is 11.3 Å². The molecule has 40 heavy (non-hydrogen) atoms. The number of aromatic hydroxyl groups is 1. The Balaban J connectivity index is 1.12. The van der Waals surface area contributed by atoms with Crippen LogP contribution in [-0.4, -0.2) is 21.0 Å². The molecule has 5 nitrogen and oxygen atoms in total. The zero-order valence-corrected chi connectivity index (χ0v) is 23.3. The van der Waals surface area contributed by atoms with Crippen LogP contribution in [0.4, 0.5) is 5.82 Å². The van der Waals surface area contributed by atoms with E-state index in [0.717, 1.165) is 84.5 Å². The standard InChI is InChI=1S/C35H39N3O2/c39-28-8-9-29-27(16-28)7-10-30-33(29)36-31(20-35-17-22-11-23(18-35)13-24(12-22)19-35)34(37-30)38-32(40)15-21-5-6-25-3-1-2-4-26(25)14-21/h1-2,4,8-9,14,16,22-25,39H,3,5-7,10-13,15,17-20H2,(H,37,38,40). The third kappa shape index (κ3) is 4.42. The van der Waals surface area contributed by atoms with Crippen LogP contribution in [-0.2, 0) is 24.1 Å². The molecule has 206 valence electrons. The number of allylic oxidation sites excluding steroid dienone is 5. The predicted octanol–water partition coefficient (Wildman–Crippen LogP) is 7.26. The van der Waals surface area contributed by atoms with Crippen LogP contribution in [0.2, 0.25) is 0 Å². The van der Waals surface area contributed by atoms with Crippen molar-refractivity contribution in [2.24, 2.45) is 29.1 Å². The lowest BCUT2D eigenvalue weighted by Gasteiger charge is -2.57. The monoisotopic (exact) mass is 533 g/mol. The average molecular weight is 534 g/mol. The minimum absolute atomic E-state index is 0.0267. The zero-order valence-electron chi connectivity index (χ0n) is 23.3. The maximum absolute atomic E-state index is 13.5. The molecule has 5 heteroatoms. The molecule has 4 saturated carbocycles. The lowest BCUT2D eigenvalue weighted by Crippen LogP contribution is -2.47. The first-order valence-electron chi connectivity index (χ1n) is 15.6. The Hall–Kier alpha value is -3.21. The number of carbonyl (C=O) groups excluding carboxylic acids is 1. The zero-order chi connectivity index (χ0) is 26.8. The Morgan fingerprint density at radius 2 is 1.82 bits per heavy atom. The topological polar surface area (TPSA) is 75.1 Å². The van der Waals surface area contributed by atoms with Crippen molar-refractivity contribution in [3.63, 3.8) is 0 Å². The number of aromatic nitrogens is 2. The van der Waals surface area contributed by atoms with E-state index in [2.05, 4.69) is 29.6 Å². The molecule has 7 aliphatic rings. The molecule has 7 aliphatic carbocycles. The maximum Gasteiger partial charge on any atom is 0.229 e. The van der Waals surface area contributed by atoms with Gasteiger partial charge < -0.3 is 10.4 Å². The summed E-state index contributed by atoms with van der Waals surface area (Å²) in [6, 6.07) is 5.61. The number of amides is 1. The largest absolute Gasteiger partial charge is 0.508 e. The molecule has 1 atom stereocenters. The molecule has 0 saturated heterocycles. The van der Waals surface area contributed by atoms with Gasteiger partial charge in [-0.25, -0.2) is 9.97 Å². The fraction of sp³-hybridized carbons (Fsp3) is 0.514. The predicted molar refractivity (Wildman–Crippen MR) is 157 cm³/mol. The van der Waals surface area contributed by atoms with Crippen molar-refractivity contribution in [1.82, 2.24) is 9.97 Å². The van der Waals surface area contributed by atoms with Crippen molar-refractivity contribution in [3.05, 3.63) is 70.6 Å². The third-order valence-corrected chi connectivity index (χ3v) is 10.9. The Labute approximate surface area is 236 Å². The summed E-state index contributed by atoms with van der Waals surface area (Å²) in [6.45, 7) is 0. The molecule has 0 radical (unpaired) electrons. The van der Waals surface area contributed by atoms with E-state index in [-0.39, 0.29) is 5.91 Å². The van der Waals surface area contributed by atoms with Crippen LogP contribution in [0.1, 0.15) is 81.2 Å². The first kappa shape index (κ1) is 24.6. The molecular weight excluding hydrogens is 494 g/mol. The molecule has 0 spiro atoms. The first-order valence-corrected chi connectivity index (χ1v) is 15.6. The number of aryl methyl sites for hydroxylation is 2. The van der Waals surface area contributed by atoms with Gasteiger partial charge in [0.05, 0.1) is 17.1 Å². The molecule has 1 heterocycles. The maximum atomic E-state index is 13.5. The van der Waals surface area contributed by atoms with E-state index in [4.69, 9.17) is 9.97 Å². The second kappa shape index (κ2) is 9.43. The molecule has 0 aliphatic heterocycles. The van der Waals surface area contributed by atoms with Gasteiger partial charge in [0.1, 0.15) is 5.75 Å². The summed E-state index contributed by atoms with van der Waals surface area (Å²) in [7, 11) is 0. The van der Waals surface area contributed by atoms with E-state index in [1.54, 1.807) is 6.07 Å². The molecular formula is C35H39N3O2. The van der Waals surface area contributed by atoms with Crippen LogP contribution in [0.3, 0.4) is 0 Å². The smallest absolute Gasteiger partial charge is 0.229 e. The summed E-state index contributed by atoms with van der Waals surface area (Å²) in [4.78, 5) is 23.9. The van der Waals surface area contributed by atoms with Crippen molar-refractivity contribution in [2.45, 2.75) is 83.5 Å². The fourth-order valence-electron chi connectivity index (χ4n) is 9.59. The Kier molecular flexibility index (Phi) is 5.79. The summed E-state index contributed by atoms with van der Waals surface area (Å²) in [5.41, 5.74) is 7.97. The molecule has 4 bridgehead atoms. The molecule has 1 amide bonds. The van der Waals surface area contributed by atoms with Crippen molar-refractivity contribution in [1.29, 1.82) is 0 Å². The van der Waals surface area contributed by atoms with E-state index in [1.165, 1.54) is 49.7 Å². The second-order valence-corrected chi connectivity index (χ2v) is 13.8. The summed E-state index contributed by atoms with van der Waals surface area (Å²) < 4.78 is 0. The molecule has 9 rings (SSSR count). The number of rotatable bonds is 5. The van der Waals surface area contributed by atoms with Gasteiger partial charge in [-0.2, -0.15) is 0 Å². The minimum atomic E-state index is 0.0267. The fourth-order valence-corrected chi connectivity index (χ4v) is 9.59. The van der Waals surface area contributed by atoms with Crippen molar-refractivity contribution in [3.8, 4) is 17.0 Å². The number of hydrogen-bond donors (Lipinski definition) is 2. The van der Waals surface area contributed by atoms with Gasteiger partial charge >= 0.3 is 0 Å². The molecule has 4 fully saturated rings. The number of hydrogen-bond acceptors (Lipinski definition) is 4. The summed E-state index contributed by atoms with van der Waals surface area (Å²) in [6.07, 6.45) is 23.2. The van der Waals surface area contributed by atoms with E-state index in [1.807, 2.05) is 12.1 Å². The van der Waals surface area contributed by atoms with Crippen molar-refractivity contribution >= 4 is 11.7 Å². The van der Waals surface area contributed by atoms with Gasteiger partial charge in [-0.05, 0) is 135 Å². The molecule has 1 unspecified atom stereocenters. The number of benzene rings is 1. The van der Waals surface area contributed by atoms with Gasteiger partial charge in [0.25, 0.3) is 0 Å². The van der Waals surface area contributed by atoms with Gasteiger partial charge in [0, 0.05) is 12.0 Å². The molecule has 1 aromatic heterocycles. The Bertz CT molecular complexity index is 1450. The lowest BCUT2D eigenvalue weighted by atomic mass is 9.48. The number of nitrogens with zero attached hydrogens (tertiary/aromatic N) is 2. The van der Waals surface area contributed by atoms with E-state index < -0.39 is 0 Å². The molecule has 2 N–H and O–H groups in total. The second-order valence-electron chi connectivity index (χ2n) is 13.8. The van der Waals surface area contributed by atoms with Crippen LogP contribution in [0.15, 0.2) is 53.6 Å². The molecule has 1 aromatic carbocycles. The Morgan fingerprint density at radius 3 is 2.62 bits per heavy atom. The van der Waals surface area contributed by atoms with E-state index >= 15 is 0 Å². The van der Waals surface area contributed by atoms with Gasteiger partial charge in [0.2, 0.25) is 5.91 Å². The average Bonchev–Trinajstić information content (AvgIpc) is 2.92. The highest BCUT2D eigenvalue weighted by Gasteiger charge is 2.51. The normalized spacial score (nSPS) is 31.1. The number of carbonyl (C=O) groups is 1. The SMILES string of the molecule is O=C(CC1=CC2=CC=CCC2CC1)Nc1nc2c(nc1CC13CC4CC(CC(C4)C1)C3)-c1ccc(O)cc1CC2. The number of anilines is 1. The highest BCUT2D eigenvalue weighted by molar-refractivity contribution is 5.92. The van der Waals surface area contributed by atoms with Crippen LogP contribution < -0.4 is 5.32 Å². The number of nitrogens with one attached hydrogen (secondary N) is 1. The number of fused-ring (bicyclic) bond motifs is 4. The summed E-state index contributed by atoms with van der Waals surface area (Å²) in [5.74, 6) is 4.23. The van der Waals surface area contributed by atoms with E-state index in [9.17, 15) is 9.90 Å². The molecule has 2 aromatic rings. The number of phenolic OH excluding ortho intramolecular Hbond substituents is 1.